The topological polar surface area (TPSA) is 58.1 Å². The summed E-state index contributed by atoms with van der Waals surface area (Å²) in [7, 11) is 0. The molecule has 138 valence electrons. The first-order valence-corrected chi connectivity index (χ1v) is 9.53. The van der Waals surface area contributed by atoms with Gasteiger partial charge in [-0.15, -0.1) is 0 Å². The predicted molar refractivity (Wildman–Crippen MR) is 108 cm³/mol. The van der Waals surface area contributed by atoms with E-state index in [9.17, 15) is 4.79 Å². The Balaban J connectivity index is 1.82. The fraction of sp³-hybridized carbons (Fsp3) is 0.318. The number of nitrogens with one attached hydrogen (secondary N) is 1. The van der Waals surface area contributed by atoms with Gasteiger partial charge in [0.2, 0.25) is 0 Å². The highest BCUT2D eigenvalue weighted by Gasteiger charge is 2.27. The molecule has 1 aliphatic heterocycles. The van der Waals surface area contributed by atoms with E-state index in [1.807, 2.05) is 54.3 Å². The van der Waals surface area contributed by atoms with Crippen LogP contribution in [0.4, 0.5) is 11.4 Å². The van der Waals surface area contributed by atoms with Crippen LogP contribution in [-0.2, 0) is 0 Å². The van der Waals surface area contributed by atoms with Crippen LogP contribution in [0.3, 0.4) is 0 Å². The van der Waals surface area contributed by atoms with E-state index in [1.54, 1.807) is 6.20 Å². The largest absolute Gasteiger partial charge is 0.354 e. The molecule has 5 heteroatoms. The number of piperidine rings is 1. The van der Waals surface area contributed by atoms with E-state index in [0.717, 1.165) is 41.8 Å². The van der Waals surface area contributed by atoms with Crippen molar-refractivity contribution in [3.8, 4) is 0 Å². The highest BCUT2D eigenvalue weighted by atomic mass is 16.2. The molecule has 1 saturated heterocycles. The molecule has 1 amide bonds. The molecule has 0 bridgehead atoms. The van der Waals surface area contributed by atoms with Crippen molar-refractivity contribution in [2.45, 2.75) is 39.2 Å². The van der Waals surface area contributed by atoms with E-state index in [2.05, 4.69) is 22.2 Å². The van der Waals surface area contributed by atoms with Gasteiger partial charge in [-0.25, -0.2) is 9.97 Å². The maximum atomic E-state index is 13.4. The van der Waals surface area contributed by atoms with Crippen LogP contribution in [0, 0.1) is 6.92 Å². The van der Waals surface area contributed by atoms with E-state index in [-0.39, 0.29) is 11.9 Å². The lowest BCUT2D eigenvalue weighted by atomic mass is 10.0. The zero-order valence-electron chi connectivity index (χ0n) is 15.8. The Bertz CT molecular complexity index is 971. The summed E-state index contributed by atoms with van der Waals surface area (Å²) in [5, 5.41) is 4.30. The number of para-hydroxylation sites is 1. The minimum atomic E-state index is 0.0376. The zero-order valence-corrected chi connectivity index (χ0v) is 15.8. The first-order chi connectivity index (χ1) is 13.1. The van der Waals surface area contributed by atoms with Gasteiger partial charge in [-0.2, -0.15) is 0 Å². The van der Waals surface area contributed by atoms with Crippen LogP contribution in [-0.4, -0.2) is 33.4 Å². The number of aromatic nitrogens is 2. The summed E-state index contributed by atoms with van der Waals surface area (Å²) in [6, 6.07) is 14.1. The molecule has 2 aromatic heterocycles. The lowest BCUT2D eigenvalue weighted by Gasteiger charge is -2.34. The van der Waals surface area contributed by atoms with Gasteiger partial charge in [0, 0.05) is 35.6 Å². The molecule has 1 atom stereocenters. The van der Waals surface area contributed by atoms with E-state index >= 15 is 0 Å². The molecule has 1 aliphatic rings. The number of anilines is 2. The number of carbonyl (C=O) groups excluding carboxylic acids is 1. The van der Waals surface area contributed by atoms with Crippen molar-refractivity contribution < 1.29 is 4.79 Å². The zero-order chi connectivity index (χ0) is 18.8. The maximum Gasteiger partial charge on any atom is 0.257 e. The molecule has 1 aromatic carbocycles. The fourth-order valence-electron chi connectivity index (χ4n) is 3.69. The highest BCUT2D eigenvalue weighted by molar-refractivity contribution is 6.07. The third-order valence-corrected chi connectivity index (χ3v) is 5.21. The van der Waals surface area contributed by atoms with Crippen molar-refractivity contribution in [2.24, 2.45) is 0 Å². The summed E-state index contributed by atoms with van der Waals surface area (Å²) in [4.78, 5) is 24.4. The minimum Gasteiger partial charge on any atom is -0.354 e. The van der Waals surface area contributed by atoms with Crippen LogP contribution >= 0.6 is 0 Å². The highest BCUT2D eigenvalue weighted by Crippen LogP contribution is 2.31. The van der Waals surface area contributed by atoms with Crippen LogP contribution < -0.4 is 5.32 Å². The summed E-state index contributed by atoms with van der Waals surface area (Å²) < 4.78 is 0. The number of aryl methyl sites for hydroxylation is 1. The van der Waals surface area contributed by atoms with E-state index in [0.29, 0.717) is 11.2 Å². The van der Waals surface area contributed by atoms with E-state index in [1.165, 1.54) is 6.42 Å². The van der Waals surface area contributed by atoms with Gasteiger partial charge < -0.3 is 10.2 Å². The van der Waals surface area contributed by atoms with Crippen molar-refractivity contribution in [1.29, 1.82) is 0 Å². The lowest BCUT2D eigenvalue weighted by molar-refractivity contribution is 0.0636. The summed E-state index contributed by atoms with van der Waals surface area (Å²) in [5.41, 5.74) is 3.87. The second-order valence-electron chi connectivity index (χ2n) is 7.21. The average Bonchev–Trinajstić information content (AvgIpc) is 2.68. The first-order valence-electron chi connectivity index (χ1n) is 9.53. The Morgan fingerprint density at radius 2 is 1.96 bits per heavy atom. The monoisotopic (exact) mass is 360 g/mol. The van der Waals surface area contributed by atoms with Gasteiger partial charge in [-0.1, -0.05) is 18.2 Å². The number of pyridine rings is 2. The first kappa shape index (κ1) is 17.5. The van der Waals surface area contributed by atoms with Crippen molar-refractivity contribution in [3.63, 3.8) is 0 Å². The van der Waals surface area contributed by atoms with Crippen molar-refractivity contribution in [1.82, 2.24) is 14.9 Å². The number of nitrogens with zero attached hydrogens (tertiary/aromatic N) is 3. The van der Waals surface area contributed by atoms with Crippen molar-refractivity contribution >= 4 is 28.3 Å². The Morgan fingerprint density at radius 3 is 2.74 bits per heavy atom. The molecule has 0 saturated carbocycles. The molecule has 1 unspecified atom stereocenters. The van der Waals surface area contributed by atoms with E-state index < -0.39 is 0 Å². The Morgan fingerprint density at radius 1 is 1.15 bits per heavy atom. The van der Waals surface area contributed by atoms with Gasteiger partial charge in [-0.05, 0) is 57.4 Å². The molecular weight excluding hydrogens is 336 g/mol. The molecule has 3 aromatic rings. The van der Waals surface area contributed by atoms with Crippen LogP contribution in [0.25, 0.3) is 11.0 Å². The number of carbonyl (C=O) groups is 1. The van der Waals surface area contributed by atoms with Crippen LogP contribution in [0.15, 0.2) is 48.7 Å². The smallest absolute Gasteiger partial charge is 0.257 e. The van der Waals surface area contributed by atoms with Crippen molar-refractivity contribution in [3.05, 3.63) is 59.9 Å². The molecule has 1 fully saturated rings. The summed E-state index contributed by atoms with van der Waals surface area (Å²) in [5.74, 6) is 0.0376. The number of fused-ring (bicyclic) bond motifs is 1. The van der Waals surface area contributed by atoms with Gasteiger partial charge in [0.25, 0.3) is 5.91 Å². The normalized spacial score (nSPS) is 17.1. The summed E-state index contributed by atoms with van der Waals surface area (Å²) in [6.07, 6.45) is 4.96. The third-order valence-electron chi connectivity index (χ3n) is 5.21. The summed E-state index contributed by atoms with van der Waals surface area (Å²) in [6.45, 7) is 4.87. The van der Waals surface area contributed by atoms with Crippen molar-refractivity contribution in [2.75, 3.05) is 11.9 Å². The molecule has 0 spiro atoms. The average molecular weight is 360 g/mol. The van der Waals surface area contributed by atoms with Gasteiger partial charge in [0.15, 0.2) is 5.65 Å². The van der Waals surface area contributed by atoms with Crippen LogP contribution in [0.2, 0.25) is 0 Å². The lowest BCUT2D eigenvalue weighted by Crippen LogP contribution is -2.42. The molecule has 0 aliphatic carbocycles. The molecule has 27 heavy (non-hydrogen) atoms. The molecule has 5 nitrogen and oxygen atoms in total. The third kappa shape index (κ3) is 3.50. The summed E-state index contributed by atoms with van der Waals surface area (Å²) >= 11 is 0. The fourth-order valence-corrected chi connectivity index (χ4v) is 3.69. The van der Waals surface area contributed by atoms with Crippen LogP contribution in [0.5, 0.6) is 0 Å². The number of amides is 1. The van der Waals surface area contributed by atoms with Crippen LogP contribution in [0.1, 0.15) is 42.2 Å². The molecule has 1 N–H and O–H groups in total. The minimum absolute atomic E-state index is 0.0376. The number of rotatable bonds is 3. The van der Waals surface area contributed by atoms with Gasteiger partial charge in [-0.3, -0.25) is 4.79 Å². The van der Waals surface area contributed by atoms with Gasteiger partial charge >= 0.3 is 0 Å². The van der Waals surface area contributed by atoms with E-state index in [4.69, 9.17) is 0 Å². The number of hydrogen-bond acceptors (Lipinski definition) is 4. The second kappa shape index (κ2) is 7.35. The Labute approximate surface area is 159 Å². The number of likely N-dealkylation sites (tertiary alicyclic amines) is 1. The SMILES string of the molecule is Cc1ccc2c(Nc3ccccc3)c(C(=O)N3CCCCC3C)cnc2n1. The maximum absolute atomic E-state index is 13.4. The Hall–Kier alpha value is -2.95. The second-order valence-corrected chi connectivity index (χ2v) is 7.21. The van der Waals surface area contributed by atoms with Gasteiger partial charge in [0.1, 0.15) is 0 Å². The predicted octanol–water partition coefficient (Wildman–Crippen LogP) is 4.70. The molecular formula is C22H24N4O. The molecule has 3 heterocycles. The standard InChI is InChI=1S/C22H24N4O/c1-15-11-12-18-20(25-17-9-4-3-5-10-17)19(14-23-21(18)24-15)22(27)26-13-7-6-8-16(26)2/h3-5,9-12,14,16H,6-8,13H2,1-2H3,(H,23,24,25). The number of benzene rings is 1. The number of hydrogen-bond donors (Lipinski definition) is 1. The molecule has 0 radical (unpaired) electrons. The quantitative estimate of drug-likeness (QED) is 0.736. The van der Waals surface area contributed by atoms with Gasteiger partial charge in [0.05, 0.1) is 11.3 Å². The Kier molecular flexibility index (Phi) is 4.75. The molecule has 4 rings (SSSR count).